The highest BCUT2D eigenvalue weighted by atomic mass is 32.1. The maximum absolute atomic E-state index is 12.7. The van der Waals surface area contributed by atoms with Gasteiger partial charge in [0.05, 0.1) is 24.5 Å². The maximum atomic E-state index is 12.7. The van der Waals surface area contributed by atoms with Crippen molar-refractivity contribution in [3.8, 4) is 0 Å². The SMILES string of the molecule is CCOC(=O)c1csc([C@@H]2CCCN2C(=O)c2ccoc2C)n1. The number of nitrogens with zero attached hydrogens (tertiary/aromatic N) is 2. The zero-order chi connectivity index (χ0) is 16.4. The van der Waals surface area contributed by atoms with Gasteiger partial charge in [0.25, 0.3) is 5.91 Å². The summed E-state index contributed by atoms with van der Waals surface area (Å²) in [7, 11) is 0. The van der Waals surface area contributed by atoms with Gasteiger partial charge in [-0.2, -0.15) is 0 Å². The lowest BCUT2D eigenvalue weighted by atomic mass is 10.2. The van der Waals surface area contributed by atoms with Gasteiger partial charge in [0.2, 0.25) is 0 Å². The summed E-state index contributed by atoms with van der Waals surface area (Å²) in [5.41, 5.74) is 0.893. The standard InChI is InChI=1S/C16H18N2O4S/c1-3-21-16(20)12-9-23-14(17-12)13-5-4-7-18(13)15(19)11-6-8-22-10(11)2/h6,8-9,13H,3-5,7H2,1-2H3/t13-/m0/s1. The molecule has 0 aromatic carbocycles. The highest BCUT2D eigenvalue weighted by Crippen LogP contribution is 2.35. The fourth-order valence-corrected chi connectivity index (χ4v) is 3.70. The minimum Gasteiger partial charge on any atom is -0.469 e. The summed E-state index contributed by atoms with van der Waals surface area (Å²) in [4.78, 5) is 30.6. The first kappa shape index (κ1) is 15.7. The van der Waals surface area contributed by atoms with Crippen LogP contribution in [0.3, 0.4) is 0 Å². The van der Waals surface area contributed by atoms with Crippen molar-refractivity contribution in [2.75, 3.05) is 13.2 Å². The molecule has 1 saturated heterocycles. The number of hydrogen-bond donors (Lipinski definition) is 0. The Kier molecular flexibility index (Phi) is 4.47. The molecule has 2 aromatic heterocycles. The Balaban J connectivity index is 1.81. The molecular formula is C16H18N2O4S. The Morgan fingerprint density at radius 2 is 2.35 bits per heavy atom. The first-order chi connectivity index (χ1) is 11.1. The van der Waals surface area contributed by atoms with E-state index >= 15 is 0 Å². The van der Waals surface area contributed by atoms with E-state index in [1.165, 1.54) is 17.6 Å². The molecule has 1 aliphatic heterocycles. The quantitative estimate of drug-likeness (QED) is 0.803. The Labute approximate surface area is 138 Å². The Morgan fingerprint density at radius 1 is 1.52 bits per heavy atom. The van der Waals surface area contributed by atoms with E-state index < -0.39 is 5.97 Å². The fraction of sp³-hybridized carbons (Fsp3) is 0.438. The molecule has 1 fully saturated rings. The van der Waals surface area contributed by atoms with E-state index in [0.29, 0.717) is 30.2 Å². The number of carbonyl (C=O) groups is 2. The van der Waals surface area contributed by atoms with Gasteiger partial charge in [0.1, 0.15) is 10.8 Å². The van der Waals surface area contributed by atoms with Crippen molar-refractivity contribution in [2.24, 2.45) is 0 Å². The molecule has 0 saturated carbocycles. The number of hydrogen-bond acceptors (Lipinski definition) is 6. The van der Waals surface area contributed by atoms with Crippen molar-refractivity contribution in [1.29, 1.82) is 0 Å². The van der Waals surface area contributed by atoms with Gasteiger partial charge in [-0.05, 0) is 32.8 Å². The summed E-state index contributed by atoms with van der Waals surface area (Å²) in [5, 5.41) is 2.47. The van der Waals surface area contributed by atoms with Gasteiger partial charge in [-0.1, -0.05) is 0 Å². The molecule has 0 bridgehead atoms. The van der Waals surface area contributed by atoms with Crippen LogP contribution in [0.15, 0.2) is 22.1 Å². The van der Waals surface area contributed by atoms with Crippen LogP contribution in [-0.4, -0.2) is 34.9 Å². The smallest absolute Gasteiger partial charge is 0.357 e. The zero-order valence-corrected chi connectivity index (χ0v) is 13.9. The highest BCUT2D eigenvalue weighted by molar-refractivity contribution is 7.09. The Morgan fingerprint density at radius 3 is 3.04 bits per heavy atom. The predicted octanol–water partition coefficient (Wildman–Crippen LogP) is 3.20. The summed E-state index contributed by atoms with van der Waals surface area (Å²) in [6, 6.07) is 1.60. The van der Waals surface area contributed by atoms with Crippen LogP contribution in [0.5, 0.6) is 0 Å². The third-order valence-electron chi connectivity index (χ3n) is 3.89. The average molecular weight is 334 g/mol. The first-order valence-electron chi connectivity index (χ1n) is 7.59. The second-order valence-electron chi connectivity index (χ2n) is 5.34. The molecule has 0 N–H and O–H groups in total. The van der Waals surface area contributed by atoms with Gasteiger partial charge < -0.3 is 14.1 Å². The molecule has 23 heavy (non-hydrogen) atoms. The van der Waals surface area contributed by atoms with E-state index in [1.54, 1.807) is 25.3 Å². The van der Waals surface area contributed by atoms with Crippen molar-refractivity contribution >= 4 is 23.2 Å². The van der Waals surface area contributed by atoms with E-state index in [4.69, 9.17) is 9.15 Å². The number of carbonyl (C=O) groups excluding carboxylic acids is 2. The topological polar surface area (TPSA) is 72.6 Å². The normalized spacial score (nSPS) is 17.5. The molecule has 0 aliphatic carbocycles. The number of amides is 1. The monoisotopic (exact) mass is 334 g/mol. The summed E-state index contributed by atoms with van der Waals surface area (Å²) in [6.45, 7) is 4.54. The van der Waals surface area contributed by atoms with E-state index in [1.807, 2.05) is 4.90 Å². The number of likely N-dealkylation sites (tertiary alicyclic amines) is 1. The third kappa shape index (κ3) is 3.01. The molecule has 0 unspecified atom stereocenters. The van der Waals surface area contributed by atoms with Gasteiger partial charge in [0, 0.05) is 11.9 Å². The maximum Gasteiger partial charge on any atom is 0.357 e. The average Bonchev–Trinajstić information content (AvgIpc) is 3.26. The number of aryl methyl sites for hydroxylation is 1. The van der Waals surface area contributed by atoms with E-state index in [0.717, 1.165) is 17.8 Å². The first-order valence-corrected chi connectivity index (χ1v) is 8.47. The van der Waals surface area contributed by atoms with Crippen molar-refractivity contribution < 1.29 is 18.7 Å². The number of thiazole rings is 1. The predicted molar refractivity (Wildman–Crippen MR) is 84.5 cm³/mol. The van der Waals surface area contributed by atoms with Crippen LogP contribution in [0.25, 0.3) is 0 Å². The number of furan rings is 1. The molecule has 6 nitrogen and oxygen atoms in total. The van der Waals surface area contributed by atoms with Crippen molar-refractivity contribution in [2.45, 2.75) is 32.7 Å². The zero-order valence-electron chi connectivity index (χ0n) is 13.1. The summed E-state index contributed by atoms with van der Waals surface area (Å²) in [5.74, 6) is 0.148. The molecule has 0 spiro atoms. The molecule has 0 radical (unpaired) electrons. The van der Waals surface area contributed by atoms with Gasteiger partial charge in [-0.3, -0.25) is 4.79 Å². The molecule has 3 rings (SSSR count). The van der Waals surface area contributed by atoms with Crippen LogP contribution in [0.2, 0.25) is 0 Å². The van der Waals surface area contributed by atoms with Gasteiger partial charge in [0.15, 0.2) is 5.69 Å². The lowest BCUT2D eigenvalue weighted by Gasteiger charge is -2.22. The van der Waals surface area contributed by atoms with Crippen LogP contribution < -0.4 is 0 Å². The van der Waals surface area contributed by atoms with Gasteiger partial charge in [-0.15, -0.1) is 11.3 Å². The number of esters is 1. The molecule has 2 aromatic rings. The molecule has 1 atom stereocenters. The fourth-order valence-electron chi connectivity index (χ4n) is 2.77. The van der Waals surface area contributed by atoms with Crippen molar-refractivity contribution in [3.63, 3.8) is 0 Å². The number of rotatable bonds is 4. The van der Waals surface area contributed by atoms with Crippen molar-refractivity contribution in [1.82, 2.24) is 9.88 Å². The number of ether oxygens (including phenoxy) is 1. The minimum absolute atomic E-state index is 0.0494. The lowest BCUT2D eigenvalue weighted by Crippen LogP contribution is -2.30. The van der Waals surface area contributed by atoms with Crippen LogP contribution in [0.1, 0.15) is 57.4 Å². The molecule has 3 heterocycles. The van der Waals surface area contributed by atoms with Crippen LogP contribution in [0, 0.1) is 6.92 Å². The second kappa shape index (κ2) is 6.54. The van der Waals surface area contributed by atoms with E-state index in [9.17, 15) is 9.59 Å². The number of aromatic nitrogens is 1. The summed E-state index contributed by atoms with van der Waals surface area (Å²) >= 11 is 1.39. The van der Waals surface area contributed by atoms with Gasteiger partial charge >= 0.3 is 5.97 Å². The van der Waals surface area contributed by atoms with Crippen molar-refractivity contribution in [3.05, 3.63) is 39.7 Å². The highest BCUT2D eigenvalue weighted by Gasteiger charge is 2.34. The Hall–Kier alpha value is -2.15. The molecule has 1 amide bonds. The molecule has 7 heteroatoms. The molecule has 122 valence electrons. The van der Waals surface area contributed by atoms with Crippen LogP contribution in [0.4, 0.5) is 0 Å². The molecule has 1 aliphatic rings. The van der Waals surface area contributed by atoms with Crippen LogP contribution in [-0.2, 0) is 4.74 Å². The third-order valence-corrected chi connectivity index (χ3v) is 4.84. The summed E-state index contributed by atoms with van der Waals surface area (Å²) < 4.78 is 10.2. The largest absolute Gasteiger partial charge is 0.469 e. The Bertz CT molecular complexity index is 721. The van der Waals surface area contributed by atoms with E-state index in [2.05, 4.69) is 4.98 Å². The summed E-state index contributed by atoms with van der Waals surface area (Å²) in [6.07, 6.45) is 3.29. The van der Waals surface area contributed by atoms with Gasteiger partial charge in [-0.25, -0.2) is 9.78 Å². The van der Waals surface area contributed by atoms with E-state index in [-0.39, 0.29) is 11.9 Å². The lowest BCUT2D eigenvalue weighted by molar-refractivity contribution is 0.0520. The minimum atomic E-state index is -0.420. The second-order valence-corrected chi connectivity index (χ2v) is 6.23. The molecular weight excluding hydrogens is 316 g/mol. The van der Waals surface area contributed by atoms with Crippen LogP contribution >= 0.6 is 11.3 Å².